The molecule has 1 saturated carbocycles. The van der Waals surface area contributed by atoms with Crippen LogP contribution in [0, 0.1) is 5.92 Å². The molecule has 0 radical (unpaired) electrons. The first-order chi connectivity index (χ1) is 7.63. The van der Waals surface area contributed by atoms with E-state index >= 15 is 0 Å². The van der Waals surface area contributed by atoms with Crippen LogP contribution in [0.25, 0.3) is 0 Å². The van der Waals surface area contributed by atoms with Crippen molar-refractivity contribution < 1.29 is 9.84 Å². The fraction of sp³-hybridized carbons (Fsp3) is 0.500. The summed E-state index contributed by atoms with van der Waals surface area (Å²) in [7, 11) is 1.50. The summed E-state index contributed by atoms with van der Waals surface area (Å²) in [6, 6.07) is 3.48. The van der Waals surface area contributed by atoms with Gasteiger partial charge in [0.05, 0.1) is 12.1 Å². The van der Waals surface area contributed by atoms with Gasteiger partial charge in [-0.15, -0.1) is 0 Å². The second kappa shape index (κ2) is 4.52. The van der Waals surface area contributed by atoms with Crippen molar-refractivity contribution in [3.63, 3.8) is 0 Å². The maximum absolute atomic E-state index is 9.62. The summed E-state index contributed by atoms with van der Waals surface area (Å²) in [6.07, 6.45) is 3.59. The number of benzene rings is 1. The Labute approximate surface area is 100 Å². The molecule has 0 aromatic heterocycles. The molecule has 0 unspecified atom stereocenters. The SMILES string of the molecule is COc1cc([C@H](N)C2CCC2)cc(Cl)c1O. The fourth-order valence-corrected chi connectivity index (χ4v) is 2.23. The molecule has 1 aliphatic carbocycles. The first-order valence-corrected chi connectivity index (χ1v) is 5.83. The third-order valence-electron chi connectivity index (χ3n) is 3.31. The van der Waals surface area contributed by atoms with E-state index < -0.39 is 0 Å². The van der Waals surface area contributed by atoms with E-state index in [4.69, 9.17) is 22.1 Å². The number of hydrogen-bond acceptors (Lipinski definition) is 3. The molecule has 1 fully saturated rings. The maximum Gasteiger partial charge on any atom is 0.176 e. The summed E-state index contributed by atoms with van der Waals surface area (Å²) in [5.41, 5.74) is 7.08. The number of phenols is 1. The standard InChI is InChI=1S/C12H16ClNO2/c1-16-10-6-8(5-9(13)12(10)15)11(14)7-3-2-4-7/h5-7,11,15H,2-4,14H2,1H3/t11-/m1/s1. The molecule has 0 aliphatic heterocycles. The highest BCUT2D eigenvalue weighted by atomic mass is 35.5. The van der Waals surface area contributed by atoms with Crippen LogP contribution >= 0.6 is 11.6 Å². The smallest absolute Gasteiger partial charge is 0.176 e. The van der Waals surface area contributed by atoms with Crippen LogP contribution in [0.3, 0.4) is 0 Å². The van der Waals surface area contributed by atoms with Crippen molar-refractivity contribution >= 4 is 11.6 Å². The summed E-state index contributed by atoms with van der Waals surface area (Å²) in [5, 5.41) is 9.91. The van der Waals surface area contributed by atoms with Crippen molar-refractivity contribution in [1.29, 1.82) is 0 Å². The van der Waals surface area contributed by atoms with Gasteiger partial charge in [0.1, 0.15) is 0 Å². The lowest BCUT2D eigenvalue weighted by Crippen LogP contribution is -2.26. The Morgan fingerprint density at radius 2 is 2.19 bits per heavy atom. The average molecular weight is 242 g/mol. The lowest BCUT2D eigenvalue weighted by molar-refractivity contribution is 0.263. The maximum atomic E-state index is 9.62. The van der Waals surface area contributed by atoms with E-state index in [1.807, 2.05) is 0 Å². The molecule has 2 rings (SSSR count). The minimum atomic E-state index is -0.0197. The van der Waals surface area contributed by atoms with Gasteiger partial charge in [-0.2, -0.15) is 0 Å². The number of phenolic OH excluding ortho intramolecular Hbond substituents is 1. The number of hydrogen-bond donors (Lipinski definition) is 2. The van der Waals surface area contributed by atoms with Gasteiger partial charge in [0, 0.05) is 6.04 Å². The van der Waals surface area contributed by atoms with Gasteiger partial charge in [0.2, 0.25) is 0 Å². The topological polar surface area (TPSA) is 55.5 Å². The van der Waals surface area contributed by atoms with Gasteiger partial charge in [-0.3, -0.25) is 0 Å². The van der Waals surface area contributed by atoms with Gasteiger partial charge < -0.3 is 15.6 Å². The molecule has 88 valence electrons. The summed E-state index contributed by atoms with van der Waals surface area (Å²) in [5.74, 6) is 0.899. The van der Waals surface area contributed by atoms with Crippen LogP contribution in [-0.4, -0.2) is 12.2 Å². The molecule has 0 saturated heterocycles. The third kappa shape index (κ3) is 1.97. The van der Waals surface area contributed by atoms with Crippen molar-refractivity contribution in [1.82, 2.24) is 0 Å². The first kappa shape index (κ1) is 11.6. The van der Waals surface area contributed by atoms with E-state index in [9.17, 15) is 5.11 Å². The average Bonchev–Trinajstić information content (AvgIpc) is 2.19. The molecule has 1 atom stereocenters. The molecule has 0 bridgehead atoms. The van der Waals surface area contributed by atoms with E-state index in [-0.39, 0.29) is 11.8 Å². The van der Waals surface area contributed by atoms with Crippen LogP contribution in [-0.2, 0) is 0 Å². The Hall–Kier alpha value is -0.930. The van der Waals surface area contributed by atoms with Crippen molar-refractivity contribution in [2.24, 2.45) is 11.7 Å². The van der Waals surface area contributed by atoms with Crippen LogP contribution in [0.4, 0.5) is 0 Å². The van der Waals surface area contributed by atoms with Gasteiger partial charge in [-0.05, 0) is 36.5 Å². The number of methoxy groups -OCH3 is 1. The third-order valence-corrected chi connectivity index (χ3v) is 3.60. The quantitative estimate of drug-likeness (QED) is 0.856. The van der Waals surface area contributed by atoms with Crippen LogP contribution < -0.4 is 10.5 Å². The van der Waals surface area contributed by atoms with Crippen molar-refractivity contribution in [3.05, 3.63) is 22.7 Å². The molecule has 1 aliphatic rings. The molecule has 3 nitrogen and oxygen atoms in total. The Kier molecular flexibility index (Phi) is 3.26. The van der Waals surface area contributed by atoms with Gasteiger partial charge >= 0.3 is 0 Å². The zero-order valence-electron chi connectivity index (χ0n) is 9.24. The highest BCUT2D eigenvalue weighted by Crippen LogP contribution is 2.41. The molecule has 0 amide bonds. The van der Waals surface area contributed by atoms with Crippen molar-refractivity contribution in [2.45, 2.75) is 25.3 Å². The molecular weight excluding hydrogens is 226 g/mol. The highest BCUT2D eigenvalue weighted by molar-refractivity contribution is 6.32. The van der Waals surface area contributed by atoms with Gasteiger partial charge in [-0.25, -0.2) is 0 Å². The van der Waals surface area contributed by atoms with Gasteiger partial charge in [0.25, 0.3) is 0 Å². The van der Waals surface area contributed by atoms with Crippen LogP contribution in [0.5, 0.6) is 11.5 Å². The Morgan fingerprint density at radius 1 is 1.50 bits per heavy atom. The van der Waals surface area contributed by atoms with Gasteiger partial charge in [-0.1, -0.05) is 18.0 Å². The van der Waals surface area contributed by atoms with Crippen molar-refractivity contribution in [2.75, 3.05) is 7.11 Å². The minimum absolute atomic E-state index is 0.0132. The molecule has 1 aromatic rings. The number of rotatable bonds is 3. The lowest BCUT2D eigenvalue weighted by Gasteiger charge is -2.31. The van der Waals surface area contributed by atoms with E-state index in [1.54, 1.807) is 12.1 Å². The summed E-state index contributed by atoms with van der Waals surface area (Å²) < 4.78 is 5.06. The molecule has 16 heavy (non-hydrogen) atoms. The molecule has 0 spiro atoms. The molecule has 4 heteroatoms. The summed E-state index contributed by atoms with van der Waals surface area (Å²) in [4.78, 5) is 0. The Balaban J connectivity index is 2.29. The molecule has 3 N–H and O–H groups in total. The number of aromatic hydroxyl groups is 1. The number of halogens is 1. The van der Waals surface area contributed by atoms with E-state index in [0.717, 1.165) is 5.56 Å². The van der Waals surface area contributed by atoms with E-state index in [2.05, 4.69) is 0 Å². The molecular formula is C12H16ClNO2. The second-order valence-electron chi connectivity index (χ2n) is 4.27. The highest BCUT2D eigenvalue weighted by Gasteiger charge is 2.26. The molecule has 0 heterocycles. The van der Waals surface area contributed by atoms with E-state index in [1.165, 1.54) is 26.4 Å². The first-order valence-electron chi connectivity index (χ1n) is 5.45. The zero-order valence-corrected chi connectivity index (χ0v) is 10.00. The van der Waals surface area contributed by atoms with Crippen LogP contribution in [0.15, 0.2) is 12.1 Å². The largest absolute Gasteiger partial charge is 0.503 e. The number of ether oxygens (including phenoxy) is 1. The predicted molar refractivity (Wildman–Crippen MR) is 63.9 cm³/mol. The fourth-order valence-electron chi connectivity index (χ4n) is 2.01. The normalized spacial score (nSPS) is 17.9. The number of nitrogens with two attached hydrogens (primary N) is 1. The zero-order chi connectivity index (χ0) is 11.7. The predicted octanol–water partition coefficient (Wildman–Crippen LogP) is 2.85. The lowest BCUT2D eigenvalue weighted by atomic mass is 9.77. The monoisotopic (exact) mass is 241 g/mol. The Bertz CT molecular complexity index is 391. The minimum Gasteiger partial charge on any atom is -0.503 e. The molecule has 1 aromatic carbocycles. The van der Waals surface area contributed by atoms with E-state index in [0.29, 0.717) is 16.7 Å². The summed E-state index contributed by atoms with van der Waals surface area (Å²) in [6.45, 7) is 0. The van der Waals surface area contributed by atoms with Gasteiger partial charge in [0.15, 0.2) is 11.5 Å². The van der Waals surface area contributed by atoms with Crippen LogP contribution in [0.1, 0.15) is 30.9 Å². The van der Waals surface area contributed by atoms with Crippen molar-refractivity contribution in [3.8, 4) is 11.5 Å². The van der Waals surface area contributed by atoms with Crippen LogP contribution in [0.2, 0.25) is 5.02 Å². The second-order valence-corrected chi connectivity index (χ2v) is 4.68. The Morgan fingerprint density at radius 3 is 2.69 bits per heavy atom. The summed E-state index contributed by atoms with van der Waals surface area (Å²) >= 11 is 5.92.